The standard InChI is InChI=1S/C24H23N3O2S3/c1-27-22(29)20-17(18-9-5-12-30-18)13-31-21(20)26-23(27)32-14-19(28)25-15-24(10-6-11-24)16-7-3-2-4-8-16/h2-5,7-9,12-13H,6,10-11,14-15H2,1H3,(H,25,28). The van der Waals surface area contributed by atoms with E-state index in [2.05, 4.69) is 29.6 Å². The van der Waals surface area contributed by atoms with Gasteiger partial charge in [-0.15, -0.1) is 22.7 Å². The lowest BCUT2D eigenvalue weighted by atomic mass is 9.64. The first-order chi connectivity index (χ1) is 15.6. The molecular weight excluding hydrogens is 458 g/mol. The molecule has 3 heterocycles. The van der Waals surface area contributed by atoms with Crippen LogP contribution in [0.4, 0.5) is 0 Å². The molecule has 1 fully saturated rings. The van der Waals surface area contributed by atoms with Crippen LogP contribution < -0.4 is 10.9 Å². The largest absolute Gasteiger partial charge is 0.354 e. The monoisotopic (exact) mass is 481 g/mol. The molecule has 32 heavy (non-hydrogen) atoms. The summed E-state index contributed by atoms with van der Waals surface area (Å²) in [6, 6.07) is 14.4. The second-order valence-electron chi connectivity index (χ2n) is 8.13. The summed E-state index contributed by atoms with van der Waals surface area (Å²) in [5.41, 5.74) is 2.22. The van der Waals surface area contributed by atoms with E-state index >= 15 is 0 Å². The molecule has 164 valence electrons. The molecule has 0 saturated heterocycles. The van der Waals surface area contributed by atoms with E-state index in [1.54, 1.807) is 23.0 Å². The average Bonchev–Trinajstić information content (AvgIpc) is 3.45. The second-order valence-corrected chi connectivity index (χ2v) is 10.9. The predicted molar refractivity (Wildman–Crippen MR) is 134 cm³/mol. The summed E-state index contributed by atoms with van der Waals surface area (Å²) in [5.74, 6) is 0.205. The van der Waals surface area contributed by atoms with Crippen molar-refractivity contribution in [3.8, 4) is 10.4 Å². The van der Waals surface area contributed by atoms with Crippen LogP contribution in [0.3, 0.4) is 0 Å². The Morgan fingerprint density at radius 2 is 2.00 bits per heavy atom. The highest BCUT2D eigenvalue weighted by Crippen LogP contribution is 2.43. The molecule has 0 radical (unpaired) electrons. The summed E-state index contributed by atoms with van der Waals surface area (Å²) < 4.78 is 1.56. The van der Waals surface area contributed by atoms with Crippen LogP contribution in [-0.4, -0.2) is 27.8 Å². The van der Waals surface area contributed by atoms with Gasteiger partial charge in [-0.2, -0.15) is 0 Å². The van der Waals surface area contributed by atoms with Crippen molar-refractivity contribution < 1.29 is 4.79 Å². The van der Waals surface area contributed by atoms with E-state index in [0.29, 0.717) is 17.1 Å². The molecule has 1 aliphatic carbocycles. The van der Waals surface area contributed by atoms with Crippen LogP contribution in [0.15, 0.2) is 63.2 Å². The minimum Gasteiger partial charge on any atom is -0.354 e. The Kier molecular flexibility index (Phi) is 5.92. The fourth-order valence-corrected chi connectivity index (χ4v) is 6.81. The van der Waals surface area contributed by atoms with E-state index in [1.165, 1.54) is 35.1 Å². The average molecular weight is 482 g/mol. The number of fused-ring (bicyclic) bond motifs is 1. The fraction of sp³-hybridized carbons (Fsp3) is 0.292. The van der Waals surface area contributed by atoms with E-state index in [4.69, 9.17) is 4.98 Å². The lowest BCUT2D eigenvalue weighted by molar-refractivity contribution is -0.119. The SMILES string of the molecule is Cn1c(SCC(=O)NCC2(c3ccccc3)CCC2)nc2scc(-c3cccs3)c2c1=O. The molecule has 8 heteroatoms. The minimum atomic E-state index is -0.0694. The van der Waals surface area contributed by atoms with Crippen molar-refractivity contribution in [2.45, 2.75) is 29.8 Å². The Labute approximate surface area is 198 Å². The van der Waals surface area contributed by atoms with E-state index in [0.717, 1.165) is 28.1 Å². The molecule has 0 aliphatic heterocycles. The second kappa shape index (κ2) is 8.84. The molecule has 1 aromatic carbocycles. The molecule has 3 aromatic heterocycles. The summed E-state index contributed by atoms with van der Waals surface area (Å²) in [5, 5.41) is 8.34. The third-order valence-corrected chi connectivity index (χ3v) is 9.02. The molecule has 0 atom stereocenters. The first-order valence-electron chi connectivity index (χ1n) is 10.5. The predicted octanol–water partition coefficient (Wildman–Crippen LogP) is 5.05. The Bertz CT molecular complexity index is 1310. The Morgan fingerprint density at radius 1 is 1.19 bits per heavy atom. The number of thioether (sulfide) groups is 1. The number of nitrogens with zero attached hydrogens (tertiary/aromatic N) is 2. The van der Waals surface area contributed by atoms with Crippen molar-refractivity contribution >= 4 is 50.6 Å². The maximum atomic E-state index is 13.1. The highest BCUT2D eigenvalue weighted by atomic mass is 32.2. The van der Waals surface area contributed by atoms with Gasteiger partial charge in [0.25, 0.3) is 5.56 Å². The Hall–Kier alpha value is -2.42. The zero-order valence-electron chi connectivity index (χ0n) is 17.7. The molecule has 1 N–H and O–H groups in total. The highest BCUT2D eigenvalue weighted by molar-refractivity contribution is 7.99. The van der Waals surface area contributed by atoms with Crippen molar-refractivity contribution in [2.75, 3.05) is 12.3 Å². The number of nitrogens with one attached hydrogen (secondary N) is 1. The number of carbonyl (C=O) groups is 1. The third kappa shape index (κ3) is 3.91. The van der Waals surface area contributed by atoms with Crippen LogP contribution in [0.2, 0.25) is 0 Å². The quantitative estimate of drug-likeness (QED) is 0.296. The molecule has 5 rings (SSSR count). The topological polar surface area (TPSA) is 64.0 Å². The van der Waals surface area contributed by atoms with E-state index in [1.807, 2.05) is 29.0 Å². The number of hydrogen-bond donors (Lipinski definition) is 1. The first-order valence-corrected chi connectivity index (χ1v) is 13.3. The molecular formula is C24H23N3O2S3. The van der Waals surface area contributed by atoms with Gasteiger partial charge in [0.2, 0.25) is 5.91 Å². The summed E-state index contributed by atoms with van der Waals surface area (Å²) >= 11 is 4.40. The number of rotatable bonds is 7. The number of benzene rings is 1. The van der Waals surface area contributed by atoms with Gasteiger partial charge in [0, 0.05) is 34.8 Å². The Morgan fingerprint density at radius 3 is 2.69 bits per heavy atom. The van der Waals surface area contributed by atoms with Gasteiger partial charge in [0.15, 0.2) is 5.16 Å². The third-order valence-electron chi connectivity index (χ3n) is 6.21. The molecule has 5 nitrogen and oxygen atoms in total. The number of thiophene rings is 2. The molecule has 0 spiro atoms. The van der Waals surface area contributed by atoms with Gasteiger partial charge in [-0.25, -0.2) is 4.98 Å². The maximum absolute atomic E-state index is 13.1. The fourth-order valence-electron chi connectivity index (χ4n) is 4.21. The van der Waals surface area contributed by atoms with Crippen LogP contribution in [0.5, 0.6) is 0 Å². The van der Waals surface area contributed by atoms with Crippen LogP contribution in [0.25, 0.3) is 20.7 Å². The van der Waals surface area contributed by atoms with Crippen LogP contribution in [0.1, 0.15) is 24.8 Å². The lowest BCUT2D eigenvalue weighted by Crippen LogP contribution is -2.46. The van der Waals surface area contributed by atoms with E-state index in [9.17, 15) is 9.59 Å². The van der Waals surface area contributed by atoms with Gasteiger partial charge in [0.1, 0.15) is 4.83 Å². The number of carbonyl (C=O) groups excluding carboxylic acids is 1. The first kappa shape index (κ1) is 21.4. The van der Waals surface area contributed by atoms with Gasteiger partial charge in [0.05, 0.1) is 11.1 Å². The molecule has 0 bridgehead atoms. The molecule has 4 aromatic rings. The summed E-state index contributed by atoms with van der Waals surface area (Å²) in [4.78, 5) is 32.1. The molecule has 0 unspecified atom stereocenters. The Balaban J connectivity index is 1.28. The highest BCUT2D eigenvalue weighted by Gasteiger charge is 2.38. The van der Waals surface area contributed by atoms with Gasteiger partial charge in [-0.1, -0.05) is 54.6 Å². The van der Waals surface area contributed by atoms with Gasteiger partial charge >= 0.3 is 0 Å². The van der Waals surface area contributed by atoms with Crippen molar-refractivity contribution in [2.24, 2.45) is 7.05 Å². The normalized spacial score (nSPS) is 14.9. The lowest BCUT2D eigenvalue weighted by Gasteiger charge is -2.42. The zero-order chi connectivity index (χ0) is 22.1. The molecule has 1 amide bonds. The summed E-state index contributed by atoms with van der Waals surface area (Å²) in [6.45, 7) is 0.650. The van der Waals surface area contributed by atoms with Crippen LogP contribution in [0, 0.1) is 0 Å². The number of amides is 1. The minimum absolute atomic E-state index is 0.0305. The molecule has 1 saturated carbocycles. The van der Waals surface area contributed by atoms with Crippen LogP contribution >= 0.6 is 34.4 Å². The number of aromatic nitrogens is 2. The van der Waals surface area contributed by atoms with Gasteiger partial charge < -0.3 is 5.32 Å². The zero-order valence-corrected chi connectivity index (χ0v) is 20.1. The summed E-state index contributed by atoms with van der Waals surface area (Å²) in [6.07, 6.45) is 3.39. The van der Waals surface area contributed by atoms with Crippen molar-refractivity contribution in [3.05, 3.63) is 69.1 Å². The van der Waals surface area contributed by atoms with E-state index in [-0.39, 0.29) is 22.6 Å². The van der Waals surface area contributed by atoms with Crippen LogP contribution in [-0.2, 0) is 17.3 Å². The smallest absolute Gasteiger partial charge is 0.263 e. The maximum Gasteiger partial charge on any atom is 0.263 e. The summed E-state index contributed by atoms with van der Waals surface area (Å²) in [7, 11) is 1.73. The van der Waals surface area contributed by atoms with Crippen molar-refractivity contribution in [3.63, 3.8) is 0 Å². The molecule has 1 aliphatic rings. The number of hydrogen-bond acceptors (Lipinski definition) is 6. The van der Waals surface area contributed by atoms with Crippen molar-refractivity contribution in [1.29, 1.82) is 0 Å². The van der Waals surface area contributed by atoms with Crippen molar-refractivity contribution in [1.82, 2.24) is 14.9 Å². The van der Waals surface area contributed by atoms with E-state index < -0.39 is 0 Å². The van der Waals surface area contributed by atoms with Gasteiger partial charge in [-0.05, 0) is 29.9 Å². The van der Waals surface area contributed by atoms with Gasteiger partial charge in [-0.3, -0.25) is 14.2 Å².